The van der Waals surface area contributed by atoms with E-state index in [1.54, 1.807) is 0 Å². The van der Waals surface area contributed by atoms with Crippen LogP contribution in [-0.2, 0) is 11.2 Å². The molecule has 1 aliphatic rings. The molecule has 1 fully saturated rings. The third kappa shape index (κ3) is 6.18. The van der Waals surface area contributed by atoms with Crippen molar-refractivity contribution in [3.8, 4) is 6.07 Å². The Labute approximate surface area is 195 Å². The minimum atomic E-state index is -0.327. The summed E-state index contributed by atoms with van der Waals surface area (Å²) in [7, 11) is 0. The lowest BCUT2D eigenvalue weighted by atomic mass is 9.98. The zero-order chi connectivity index (χ0) is 22.9. The van der Waals surface area contributed by atoms with Crippen molar-refractivity contribution in [2.24, 2.45) is 0 Å². The van der Waals surface area contributed by atoms with Crippen LogP contribution in [0.15, 0.2) is 72.9 Å². The number of anilines is 2. The number of hydrogen-bond acceptors (Lipinski definition) is 5. The Hall–Kier alpha value is -3.69. The molecule has 0 radical (unpaired) electrons. The molecule has 6 heteroatoms. The topological polar surface area (TPSA) is 81.0 Å². The predicted molar refractivity (Wildman–Crippen MR) is 131 cm³/mol. The number of nitriles is 1. The second-order valence-electron chi connectivity index (χ2n) is 8.31. The highest BCUT2D eigenvalue weighted by molar-refractivity contribution is 5.95. The van der Waals surface area contributed by atoms with Crippen molar-refractivity contribution in [3.63, 3.8) is 0 Å². The quantitative estimate of drug-likeness (QED) is 0.491. The maximum absolute atomic E-state index is 13.2. The second-order valence-corrected chi connectivity index (χ2v) is 8.31. The van der Waals surface area contributed by atoms with Gasteiger partial charge >= 0.3 is 0 Å². The number of nitrogens with one attached hydrogen (secondary N) is 2. The van der Waals surface area contributed by atoms with Crippen LogP contribution >= 0.6 is 0 Å². The van der Waals surface area contributed by atoms with Crippen LogP contribution in [0.3, 0.4) is 0 Å². The molecule has 2 heterocycles. The number of hydrogen-bond donors (Lipinski definition) is 2. The lowest BCUT2D eigenvalue weighted by Crippen LogP contribution is -2.32. The Bertz CT molecular complexity index is 1070. The van der Waals surface area contributed by atoms with E-state index in [9.17, 15) is 4.79 Å². The van der Waals surface area contributed by atoms with Gasteiger partial charge in [-0.05, 0) is 61.2 Å². The van der Waals surface area contributed by atoms with Gasteiger partial charge in [0.15, 0.2) is 0 Å². The lowest BCUT2D eigenvalue weighted by molar-refractivity contribution is -0.117. The van der Waals surface area contributed by atoms with E-state index in [0.717, 1.165) is 42.9 Å². The molecule has 1 aromatic heterocycles. The van der Waals surface area contributed by atoms with E-state index in [1.165, 1.54) is 12.8 Å². The van der Waals surface area contributed by atoms with Crippen molar-refractivity contribution in [2.75, 3.05) is 36.4 Å². The number of amides is 1. The van der Waals surface area contributed by atoms with Gasteiger partial charge in [0, 0.05) is 19.6 Å². The van der Waals surface area contributed by atoms with Crippen LogP contribution in [0, 0.1) is 11.3 Å². The molecule has 2 aromatic carbocycles. The highest BCUT2D eigenvalue weighted by Crippen LogP contribution is 2.21. The fourth-order valence-electron chi connectivity index (χ4n) is 4.11. The number of pyridine rings is 1. The SMILES string of the molecule is N#Cc1ccc(CCNCC(C(=O)Nc2ccc(N3CCCC3)cn2)c2ccccc2)cc1. The summed E-state index contributed by atoms with van der Waals surface area (Å²) in [5, 5.41) is 15.3. The van der Waals surface area contributed by atoms with Crippen LogP contribution in [0.5, 0.6) is 0 Å². The van der Waals surface area contributed by atoms with Gasteiger partial charge < -0.3 is 15.5 Å². The highest BCUT2D eigenvalue weighted by atomic mass is 16.2. The minimum absolute atomic E-state index is 0.0755. The summed E-state index contributed by atoms with van der Waals surface area (Å²) in [6, 6.07) is 23.5. The van der Waals surface area contributed by atoms with E-state index >= 15 is 0 Å². The number of rotatable bonds is 9. The zero-order valence-electron chi connectivity index (χ0n) is 18.7. The Kier molecular flexibility index (Phi) is 7.68. The van der Waals surface area contributed by atoms with Gasteiger partial charge in [0.25, 0.3) is 0 Å². The number of carbonyl (C=O) groups excluding carboxylic acids is 1. The number of carbonyl (C=O) groups is 1. The molecular formula is C27H29N5O. The molecule has 1 atom stereocenters. The average Bonchev–Trinajstić information content (AvgIpc) is 3.40. The molecular weight excluding hydrogens is 410 g/mol. The molecule has 1 unspecified atom stereocenters. The maximum atomic E-state index is 13.2. The number of aromatic nitrogens is 1. The number of benzene rings is 2. The summed E-state index contributed by atoms with van der Waals surface area (Å²) >= 11 is 0. The van der Waals surface area contributed by atoms with Crippen molar-refractivity contribution in [2.45, 2.75) is 25.2 Å². The first kappa shape index (κ1) is 22.5. The first-order valence-corrected chi connectivity index (χ1v) is 11.5. The van der Waals surface area contributed by atoms with E-state index in [2.05, 4.69) is 26.6 Å². The fourth-order valence-corrected chi connectivity index (χ4v) is 4.11. The van der Waals surface area contributed by atoms with E-state index in [0.29, 0.717) is 17.9 Å². The smallest absolute Gasteiger partial charge is 0.234 e. The average molecular weight is 440 g/mol. The van der Waals surface area contributed by atoms with Gasteiger partial charge in [0.2, 0.25) is 5.91 Å². The van der Waals surface area contributed by atoms with Gasteiger partial charge in [0.05, 0.1) is 29.4 Å². The molecule has 1 amide bonds. The first-order chi connectivity index (χ1) is 16.2. The largest absolute Gasteiger partial charge is 0.370 e. The third-order valence-electron chi connectivity index (χ3n) is 6.01. The van der Waals surface area contributed by atoms with Gasteiger partial charge in [-0.15, -0.1) is 0 Å². The monoisotopic (exact) mass is 439 g/mol. The fraction of sp³-hybridized carbons (Fsp3) is 0.296. The first-order valence-electron chi connectivity index (χ1n) is 11.5. The summed E-state index contributed by atoms with van der Waals surface area (Å²) in [5.74, 6) is 0.169. The molecule has 2 N–H and O–H groups in total. The van der Waals surface area contributed by atoms with Crippen LogP contribution in [0.2, 0.25) is 0 Å². The standard InChI is InChI=1S/C27H29N5O/c28-18-22-10-8-21(9-11-22)14-15-29-20-25(23-6-2-1-3-7-23)27(33)31-26-13-12-24(19-30-26)32-16-4-5-17-32/h1-3,6-13,19,25,29H,4-5,14-17,20H2,(H,30,31,33). The summed E-state index contributed by atoms with van der Waals surface area (Å²) in [4.78, 5) is 20.0. The molecule has 1 aliphatic heterocycles. The van der Waals surface area contributed by atoms with Gasteiger partial charge in [-0.25, -0.2) is 4.98 Å². The van der Waals surface area contributed by atoms with Gasteiger partial charge in [-0.1, -0.05) is 42.5 Å². The van der Waals surface area contributed by atoms with E-state index in [4.69, 9.17) is 5.26 Å². The molecule has 3 aromatic rings. The van der Waals surface area contributed by atoms with E-state index < -0.39 is 0 Å². The summed E-state index contributed by atoms with van der Waals surface area (Å²) in [5.41, 5.74) is 3.89. The molecule has 0 saturated carbocycles. The Morgan fingerprint density at radius 1 is 1.03 bits per heavy atom. The molecule has 33 heavy (non-hydrogen) atoms. The van der Waals surface area contributed by atoms with Crippen molar-refractivity contribution in [1.82, 2.24) is 10.3 Å². The molecule has 6 nitrogen and oxygen atoms in total. The van der Waals surface area contributed by atoms with Crippen LogP contribution < -0.4 is 15.5 Å². The van der Waals surface area contributed by atoms with Crippen LogP contribution in [0.25, 0.3) is 0 Å². The molecule has 4 rings (SSSR count). The van der Waals surface area contributed by atoms with Crippen molar-refractivity contribution >= 4 is 17.4 Å². The Balaban J connectivity index is 1.35. The predicted octanol–water partition coefficient (Wildman–Crippen LogP) is 4.11. The lowest BCUT2D eigenvalue weighted by Gasteiger charge is -2.19. The van der Waals surface area contributed by atoms with E-state index in [1.807, 2.05) is 72.9 Å². The van der Waals surface area contributed by atoms with Crippen molar-refractivity contribution < 1.29 is 4.79 Å². The van der Waals surface area contributed by atoms with Gasteiger partial charge in [-0.3, -0.25) is 4.79 Å². The molecule has 168 valence electrons. The van der Waals surface area contributed by atoms with Crippen molar-refractivity contribution in [1.29, 1.82) is 5.26 Å². The maximum Gasteiger partial charge on any atom is 0.234 e. The normalized spacial score (nSPS) is 14.0. The summed E-state index contributed by atoms with van der Waals surface area (Å²) in [6.07, 6.45) is 5.10. The second kappa shape index (κ2) is 11.3. The molecule has 0 bridgehead atoms. The Morgan fingerprint density at radius 2 is 1.79 bits per heavy atom. The molecule has 0 spiro atoms. The molecule has 1 saturated heterocycles. The Morgan fingerprint density at radius 3 is 2.45 bits per heavy atom. The van der Waals surface area contributed by atoms with E-state index in [-0.39, 0.29) is 11.8 Å². The molecule has 0 aliphatic carbocycles. The minimum Gasteiger partial charge on any atom is -0.370 e. The van der Waals surface area contributed by atoms with Crippen molar-refractivity contribution in [3.05, 3.63) is 89.6 Å². The highest BCUT2D eigenvalue weighted by Gasteiger charge is 2.21. The summed E-state index contributed by atoms with van der Waals surface area (Å²) in [6.45, 7) is 3.40. The van der Waals surface area contributed by atoms with Gasteiger partial charge in [-0.2, -0.15) is 5.26 Å². The van der Waals surface area contributed by atoms with Gasteiger partial charge in [0.1, 0.15) is 5.82 Å². The van der Waals surface area contributed by atoms with Crippen LogP contribution in [0.1, 0.15) is 35.4 Å². The van der Waals surface area contributed by atoms with Crippen LogP contribution in [0.4, 0.5) is 11.5 Å². The third-order valence-corrected chi connectivity index (χ3v) is 6.01. The van der Waals surface area contributed by atoms with Crippen LogP contribution in [-0.4, -0.2) is 37.1 Å². The summed E-state index contributed by atoms with van der Waals surface area (Å²) < 4.78 is 0. The number of nitrogens with zero attached hydrogens (tertiary/aromatic N) is 3. The zero-order valence-corrected chi connectivity index (χ0v) is 18.7.